The fourth-order valence-corrected chi connectivity index (χ4v) is 3.32. The highest BCUT2D eigenvalue weighted by molar-refractivity contribution is 5.96. The molecule has 182 valence electrons. The van der Waals surface area contributed by atoms with Crippen molar-refractivity contribution in [3.05, 3.63) is 24.4 Å². The zero-order chi connectivity index (χ0) is 24.2. The molecule has 1 aliphatic heterocycles. The first-order valence-electron chi connectivity index (χ1n) is 10.3. The Morgan fingerprint density at radius 3 is 2.55 bits per heavy atom. The minimum atomic E-state index is -4.59. The molecule has 1 aromatic heterocycles. The molecule has 0 aliphatic carbocycles. The highest BCUT2D eigenvalue weighted by atomic mass is 19.4. The summed E-state index contributed by atoms with van der Waals surface area (Å²) in [5.41, 5.74) is 0.474. The fourth-order valence-electron chi connectivity index (χ4n) is 3.32. The lowest BCUT2D eigenvalue weighted by atomic mass is 10.1. The molecule has 2 heterocycles. The smallest absolute Gasteiger partial charge is 0.425 e. The van der Waals surface area contributed by atoms with Gasteiger partial charge in [-0.2, -0.15) is 18.3 Å². The van der Waals surface area contributed by atoms with Gasteiger partial charge >= 0.3 is 6.18 Å². The summed E-state index contributed by atoms with van der Waals surface area (Å²) in [5.74, 6) is 0.365. The van der Waals surface area contributed by atoms with E-state index in [0.29, 0.717) is 30.1 Å². The number of aromatic nitrogens is 1. The van der Waals surface area contributed by atoms with Crippen LogP contribution < -0.4 is 14.5 Å². The molecule has 2 unspecified atom stereocenters. The molecule has 0 bridgehead atoms. The zero-order valence-electron chi connectivity index (χ0n) is 18.5. The monoisotopic (exact) mass is 472 g/mol. The molecule has 1 aromatic carbocycles. The Hall–Kier alpha value is -2.83. The van der Waals surface area contributed by atoms with Gasteiger partial charge in [0.1, 0.15) is 25.1 Å². The van der Waals surface area contributed by atoms with Crippen LogP contribution in [0.5, 0.6) is 11.6 Å². The van der Waals surface area contributed by atoms with Crippen LogP contribution in [0.25, 0.3) is 10.8 Å². The predicted molar refractivity (Wildman–Crippen MR) is 116 cm³/mol. The van der Waals surface area contributed by atoms with E-state index >= 15 is 0 Å². The Labute approximate surface area is 189 Å². The van der Waals surface area contributed by atoms with E-state index in [1.165, 1.54) is 19.4 Å². The zero-order valence-corrected chi connectivity index (χ0v) is 18.5. The van der Waals surface area contributed by atoms with E-state index in [-0.39, 0.29) is 36.8 Å². The number of aliphatic hydroxyl groups is 2. The van der Waals surface area contributed by atoms with Gasteiger partial charge in [0.25, 0.3) is 0 Å². The number of benzene rings is 1. The van der Waals surface area contributed by atoms with Gasteiger partial charge in [0.15, 0.2) is 11.9 Å². The Bertz CT molecular complexity index is 988. The standard InChI is InChI=1S/C21H27F3N4O5/c1-4-27-12-28(26-18(27)10-30)15-7-14-5-6-25-20(33-16(9-29)11-31-3)19(14)17(8-15)32-13(2)21(22,23)24/h5-8,13,16,29-30H,4,9-12H2,1-3H3. The molecule has 33 heavy (non-hydrogen) atoms. The normalized spacial score (nSPS) is 16.2. The number of hydrogen-bond donors (Lipinski definition) is 2. The number of anilines is 1. The third kappa shape index (κ3) is 5.57. The molecular formula is C21H27F3N4O5. The Kier molecular flexibility index (Phi) is 7.82. The molecule has 12 heteroatoms. The maximum atomic E-state index is 13.3. The quantitative estimate of drug-likeness (QED) is 0.544. The van der Waals surface area contributed by atoms with Crippen LogP contribution >= 0.6 is 0 Å². The SMILES string of the molecule is CCN1CN(c2cc(OC(C)C(F)(F)F)c3c(OC(CO)COC)nccc3c2)N=C1CO. The molecule has 0 amide bonds. The molecule has 2 N–H and O–H groups in total. The number of amidine groups is 1. The Morgan fingerprint density at radius 2 is 1.97 bits per heavy atom. The van der Waals surface area contributed by atoms with Gasteiger partial charge in [0, 0.05) is 25.9 Å². The van der Waals surface area contributed by atoms with Gasteiger partial charge in [0.05, 0.1) is 24.3 Å². The van der Waals surface area contributed by atoms with Crippen LogP contribution in [-0.2, 0) is 4.74 Å². The summed E-state index contributed by atoms with van der Waals surface area (Å²) < 4.78 is 56.0. The number of aliphatic hydroxyl groups excluding tert-OH is 2. The summed E-state index contributed by atoms with van der Waals surface area (Å²) in [5, 5.41) is 25.8. The largest absolute Gasteiger partial charge is 0.480 e. The highest BCUT2D eigenvalue weighted by Crippen LogP contribution is 2.39. The Balaban J connectivity index is 2.10. The summed E-state index contributed by atoms with van der Waals surface area (Å²) in [6.45, 7) is 3.15. The molecule has 0 saturated heterocycles. The van der Waals surface area contributed by atoms with Crippen molar-refractivity contribution in [1.82, 2.24) is 9.88 Å². The number of ether oxygens (including phenoxy) is 3. The first kappa shape index (κ1) is 24.8. The van der Waals surface area contributed by atoms with Crippen molar-refractivity contribution in [3.63, 3.8) is 0 Å². The number of hydrazone groups is 1. The van der Waals surface area contributed by atoms with E-state index in [0.717, 1.165) is 6.92 Å². The van der Waals surface area contributed by atoms with Crippen molar-refractivity contribution in [2.75, 3.05) is 45.2 Å². The molecule has 1 aliphatic rings. The second kappa shape index (κ2) is 10.4. The van der Waals surface area contributed by atoms with Crippen LogP contribution in [0, 0.1) is 0 Å². The first-order valence-corrected chi connectivity index (χ1v) is 10.3. The van der Waals surface area contributed by atoms with Crippen LogP contribution in [-0.4, -0.2) is 84.5 Å². The van der Waals surface area contributed by atoms with Crippen LogP contribution in [0.15, 0.2) is 29.5 Å². The number of pyridine rings is 1. The molecule has 2 aromatic rings. The van der Waals surface area contributed by atoms with Gasteiger partial charge in [-0.1, -0.05) is 0 Å². The number of alkyl halides is 3. The van der Waals surface area contributed by atoms with Crippen molar-refractivity contribution in [3.8, 4) is 11.6 Å². The third-order valence-electron chi connectivity index (χ3n) is 5.10. The lowest BCUT2D eigenvalue weighted by Crippen LogP contribution is -2.32. The van der Waals surface area contributed by atoms with Gasteiger partial charge in [-0.05, 0) is 31.4 Å². The highest BCUT2D eigenvalue weighted by Gasteiger charge is 2.38. The lowest BCUT2D eigenvalue weighted by molar-refractivity contribution is -0.189. The molecule has 0 radical (unpaired) electrons. The van der Waals surface area contributed by atoms with Crippen LogP contribution in [0.4, 0.5) is 18.9 Å². The van der Waals surface area contributed by atoms with Crippen LogP contribution in [0.1, 0.15) is 13.8 Å². The van der Waals surface area contributed by atoms with E-state index < -0.39 is 18.4 Å². The van der Waals surface area contributed by atoms with Crippen molar-refractivity contribution < 1.29 is 37.6 Å². The molecular weight excluding hydrogens is 445 g/mol. The molecule has 9 nitrogen and oxygen atoms in total. The number of likely N-dealkylation sites (N-methyl/N-ethyl adjacent to an activating group) is 1. The maximum absolute atomic E-state index is 13.3. The van der Waals surface area contributed by atoms with Gasteiger partial charge in [0.2, 0.25) is 5.88 Å². The summed E-state index contributed by atoms with van der Waals surface area (Å²) in [6.07, 6.45) is -6.01. The second-order valence-corrected chi connectivity index (χ2v) is 7.41. The first-order chi connectivity index (χ1) is 15.7. The van der Waals surface area contributed by atoms with Crippen LogP contribution in [0.2, 0.25) is 0 Å². The number of methoxy groups -OCH3 is 1. The van der Waals surface area contributed by atoms with Crippen molar-refractivity contribution in [2.24, 2.45) is 5.10 Å². The lowest BCUT2D eigenvalue weighted by Gasteiger charge is -2.23. The summed E-state index contributed by atoms with van der Waals surface area (Å²) >= 11 is 0. The molecule has 0 saturated carbocycles. The van der Waals surface area contributed by atoms with Crippen molar-refractivity contribution in [1.29, 1.82) is 0 Å². The minimum absolute atomic E-state index is 0.00989. The molecule has 0 spiro atoms. The average Bonchev–Trinajstić information content (AvgIpc) is 3.21. The van der Waals surface area contributed by atoms with Crippen molar-refractivity contribution in [2.45, 2.75) is 32.2 Å². The van der Waals surface area contributed by atoms with Gasteiger partial charge in [-0.15, -0.1) is 0 Å². The topological polar surface area (TPSA) is 99.9 Å². The van der Waals surface area contributed by atoms with Gasteiger partial charge in [-0.3, -0.25) is 0 Å². The van der Waals surface area contributed by atoms with Crippen LogP contribution in [0.3, 0.4) is 0 Å². The van der Waals surface area contributed by atoms with E-state index in [1.54, 1.807) is 17.1 Å². The number of hydrogen-bond acceptors (Lipinski definition) is 9. The minimum Gasteiger partial charge on any atom is -0.480 e. The predicted octanol–water partition coefficient (Wildman–Crippen LogP) is 2.36. The van der Waals surface area contributed by atoms with E-state index in [9.17, 15) is 23.4 Å². The molecule has 3 rings (SSSR count). The summed E-state index contributed by atoms with van der Waals surface area (Å²) in [6, 6.07) is 4.77. The average molecular weight is 472 g/mol. The number of rotatable bonds is 10. The van der Waals surface area contributed by atoms with Crippen molar-refractivity contribution >= 4 is 22.3 Å². The third-order valence-corrected chi connectivity index (χ3v) is 5.10. The van der Waals surface area contributed by atoms with Gasteiger partial charge < -0.3 is 29.3 Å². The second-order valence-electron chi connectivity index (χ2n) is 7.41. The molecule has 2 atom stereocenters. The van der Waals surface area contributed by atoms with E-state index in [2.05, 4.69) is 10.1 Å². The fraction of sp³-hybridized carbons (Fsp3) is 0.524. The van der Waals surface area contributed by atoms with Gasteiger partial charge in [-0.25, -0.2) is 9.99 Å². The summed E-state index contributed by atoms with van der Waals surface area (Å²) in [4.78, 5) is 5.99. The van der Waals surface area contributed by atoms with E-state index in [1.807, 2.05) is 11.8 Å². The van der Waals surface area contributed by atoms with E-state index in [4.69, 9.17) is 14.2 Å². The number of nitrogens with zero attached hydrogens (tertiary/aromatic N) is 4. The number of fused-ring (bicyclic) bond motifs is 1. The summed E-state index contributed by atoms with van der Waals surface area (Å²) in [7, 11) is 1.44. The molecule has 0 fully saturated rings. The number of halogens is 3. The Morgan fingerprint density at radius 1 is 1.21 bits per heavy atom. The maximum Gasteiger partial charge on any atom is 0.425 e.